The first-order valence-corrected chi connectivity index (χ1v) is 9.26. The van der Waals surface area contributed by atoms with Gasteiger partial charge in [0.2, 0.25) is 12.7 Å². The van der Waals surface area contributed by atoms with Gasteiger partial charge >= 0.3 is 0 Å². The highest BCUT2D eigenvalue weighted by atomic mass is 35.5. The normalized spacial score (nSPS) is 12.2. The van der Waals surface area contributed by atoms with E-state index in [0.717, 1.165) is 11.3 Å². The predicted molar refractivity (Wildman–Crippen MR) is 110 cm³/mol. The summed E-state index contributed by atoms with van der Waals surface area (Å²) in [5.41, 5.74) is 2.19. The van der Waals surface area contributed by atoms with E-state index in [2.05, 4.69) is 10.3 Å². The maximum absolute atomic E-state index is 12.3. The van der Waals surface area contributed by atoms with E-state index < -0.39 is 0 Å². The molecule has 1 amide bonds. The van der Waals surface area contributed by atoms with E-state index in [-0.39, 0.29) is 12.7 Å². The monoisotopic (exact) mass is 408 g/mol. The molecule has 1 aliphatic rings. The van der Waals surface area contributed by atoms with Crippen LogP contribution in [0.2, 0.25) is 5.02 Å². The van der Waals surface area contributed by atoms with Gasteiger partial charge in [0.15, 0.2) is 11.5 Å². The number of ether oxygens (including phenoxy) is 3. The van der Waals surface area contributed by atoms with Crippen molar-refractivity contribution in [3.8, 4) is 17.2 Å². The molecule has 6 nitrogen and oxygen atoms in total. The zero-order valence-electron chi connectivity index (χ0n) is 15.3. The number of rotatable bonds is 6. The van der Waals surface area contributed by atoms with Gasteiger partial charge in [0, 0.05) is 24.0 Å². The topological polar surface area (TPSA) is 69.7 Å². The smallest absolute Gasteiger partial charge is 0.248 e. The Kier molecular flexibility index (Phi) is 5.63. The van der Waals surface area contributed by atoms with Gasteiger partial charge in [-0.2, -0.15) is 0 Å². The summed E-state index contributed by atoms with van der Waals surface area (Å²) in [4.78, 5) is 16.5. The quantitative estimate of drug-likeness (QED) is 0.599. The number of fused-ring (bicyclic) bond motifs is 1. The molecule has 0 aliphatic carbocycles. The molecule has 29 heavy (non-hydrogen) atoms. The Balaban J connectivity index is 1.37. The fraction of sp³-hybridized carbons (Fsp3) is 0.0909. The van der Waals surface area contributed by atoms with Crippen molar-refractivity contribution in [3.63, 3.8) is 0 Å². The molecule has 0 spiro atoms. The van der Waals surface area contributed by atoms with Gasteiger partial charge in [-0.25, -0.2) is 0 Å². The summed E-state index contributed by atoms with van der Waals surface area (Å²) < 4.78 is 16.3. The Morgan fingerprint density at radius 3 is 2.97 bits per heavy atom. The largest absolute Gasteiger partial charge is 0.487 e. The Hall–Kier alpha value is -3.51. The van der Waals surface area contributed by atoms with Gasteiger partial charge in [-0.1, -0.05) is 23.7 Å². The van der Waals surface area contributed by atoms with Gasteiger partial charge in [-0.05, 0) is 48.0 Å². The van der Waals surface area contributed by atoms with Crippen LogP contribution < -0.4 is 19.5 Å². The van der Waals surface area contributed by atoms with Crippen molar-refractivity contribution in [2.24, 2.45) is 0 Å². The highest BCUT2D eigenvalue weighted by Gasteiger charge is 2.17. The van der Waals surface area contributed by atoms with E-state index in [1.165, 1.54) is 6.08 Å². The molecule has 0 unspecified atom stereocenters. The maximum atomic E-state index is 12.3. The average molecular weight is 409 g/mol. The SMILES string of the molecule is O=C(/C=C/c1cc(Cl)c2c(c1)OCO2)Nc1cccc(OCc2ccccn2)c1. The lowest BCUT2D eigenvalue weighted by atomic mass is 10.2. The summed E-state index contributed by atoms with van der Waals surface area (Å²) in [5, 5.41) is 3.25. The summed E-state index contributed by atoms with van der Waals surface area (Å²) in [6.07, 6.45) is 4.80. The molecule has 7 heteroatoms. The number of benzene rings is 2. The fourth-order valence-electron chi connectivity index (χ4n) is 2.74. The molecule has 0 radical (unpaired) electrons. The van der Waals surface area contributed by atoms with Gasteiger partial charge in [-0.3, -0.25) is 9.78 Å². The van der Waals surface area contributed by atoms with Crippen molar-refractivity contribution in [2.75, 3.05) is 12.1 Å². The Morgan fingerprint density at radius 2 is 2.10 bits per heavy atom. The second kappa shape index (κ2) is 8.67. The number of hydrogen-bond acceptors (Lipinski definition) is 5. The fourth-order valence-corrected chi connectivity index (χ4v) is 3.02. The molecule has 0 fully saturated rings. The van der Waals surface area contributed by atoms with Crippen LogP contribution in [0.4, 0.5) is 5.69 Å². The minimum atomic E-state index is -0.277. The third-order valence-electron chi connectivity index (χ3n) is 4.09. The van der Waals surface area contributed by atoms with Crippen LogP contribution in [-0.2, 0) is 11.4 Å². The van der Waals surface area contributed by atoms with Crippen LogP contribution in [0.1, 0.15) is 11.3 Å². The van der Waals surface area contributed by atoms with Crippen LogP contribution in [-0.4, -0.2) is 17.7 Å². The molecule has 1 N–H and O–H groups in total. The number of hydrogen-bond donors (Lipinski definition) is 1. The minimum absolute atomic E-state index is 0.140. The highest BCUT2D eigenvalue weighted by Crippen LogP contribution is 2.40. The summed E-state index contributed by atoms with van der Waals surface area (Å²) >= 11 is 6.15. The number of anilines is 1. The molecule has 0 atom stereocenters. The molecular weight excluding hydrogens is 392 g/mol. The van der Waals surface area contributed by atoms with Crippen LogP contribution in [0, 0.1) is 0 Å². The molecule has 2 aromatic carbocycles. The molecular formula is C22H17ClN2O4. The van der Waals surface area contributed by atoms with Crippen molar-refractivity contribution < 1.29 is 19.0 Å². The van der Waals surface area contributed by atoms with E-state index in [1.54, 1.807) is 36.5 Å². The van der Waals surface area contributed by atoms with E-state index >= 15 is 0 Å². The van der Waals surface area contributed by atoms with Crippen molar-refractivity contribution >= 4 is 29.3 Å². The van der Waals surface area contributed by atoms with Crippen LogP contribution in [0.15, 0.2) is 66.9 Å². The van der Waals surface area contributed by atoms with E-state index in [4.69, 9.17) is 25.8 Å². The molecule has 146 valence electrons. The number of nitrogens with one attached hydrogen (secondary N) is 1. The van der Waals surface area contributed by atoms with Crippen LogP contribution in [0.25, 0.3) is 6.08 Å². The van der Waals surface area contributed by atoms with Crippen LogP contribution in [0.3, 0.4) is 0 Å². The molecule has 2 heterocycles. The lowest BCUT2D eigenvalue weighted by Gasteiger charge is -2.08. The second-order valence-corrected chi connectivity index (χ2v) is 6.60. The van der Waals surface area contributed by atoms with Gasteiger partial charge in [0.1, 0.15) is 12.4 Å². The molecule has 0 bridgehead atoms. The molecule has 3 aromatic rings. The number of carbonyl (C=O) groups excluding carboxylic acids is 1. The van der Waals surface area contributed by atoms with Gasteiger partial charge in [0.05, 0.1) is 10.7 Å². The van der Waals surface area contributed by atoms with Crippen LogP contribution in [0.5, 0.6) is 17.2 Å². The zero-order valence-corrected chi connectivity index (χ0v) is 16.1. The predicted octanol–water partition coefficient (Wildman–Crippen LogP) is 4.69. The van der Waals surface area contributed by atoms with Crippen molar-refractivity contribution in [3.05, 3.63) is 83.2 Å². The lowest BCUT2D eigenvalue weighted by molar-refractivity contribution is -0.111. The first-order valence-electron chi connectivity index (χ1n) is 8.88. The summed E-state index contributed by atoms with van der Waals surface area (Å²) in [6, 6.07) is 16.3. The summed E-state index contributed by atoms with van der Waals surface area (Å²) in [7, 11) is 0. The number of amides is 1. The maximum Gasteiger partial charge on any atom is 0.248 e. The molecule has 0 saturated heterocycles. The molecule has 4 rings (SSSR count). The molecule has 1 aromatic heterocycles. The first-order chi connectivity index (χ1) is 14.2. The highest BCUT2D eigenvalue weighted by molar-refractivity contribution is 6.32. The zero-order chi connectivity index (χ0) is 20.1. The number of pyridine rings is 1. The third-order valence-corrected chi connectivity index (χ3v) is 4.37. The standard InChI is InChI=1S/C22H17ClN2O4/c23-19-10-15(11-20-22(19)29-14-28-20)7-8-21(26)25-16-5-3-6-18(12-16)27-13-17-4-1-2-9-24-17/h1-12H,13-14H2,(H,25,26)/b8-7+. The summed E-state index contributed by atoms with van der Waals surface area (Å²) in [6.45, 7) is 0.491. The number of nitrogens with zero attached hydrogens (tertiary/aromatic N) is 1. The minimum Gasteiger partial charge on any atom is -0.487 e. The number of aromatic nitrogens is 1. The van der Waals surface area contributed by atoms with Crippen molar-refractivity contribution in [1.82, 2.24) is 4.98 Å². The van der Waals surface area contributed by atoms with Gasteiger partial charge in [0.25, 0.3) is 0 Å². The number of carbonyl (C=O) groups is 1. The van der Waals surface area contributed by atoms with Gasteiger partial charge < -0.3 is 19.5 Å². The van der Waals surface area contributed by atoms with E-state index in [0.29, 0.717) is 34.6 Å². The summed E-state index contributed by atoms with van der Waals surface area (Å²) in [5.74, 6) is 1.45. The molecule has 0 saturated carbocycles. The third kappa shape index (κ3) is 4.86. The Bertz CT molecular complexity index is 1050. The van der Waals surface area contributed by atoms with Crippen LogP contribution >= 0.6 is 11.6 Å². The Morgan fingerprint density at radius 1 is 1.17 bits per heavy atom. The Labute approximate surface area is 172 Å². The molecule has 1 aliphatic heterocycles. The number of halogens is 1. The lowest BCUT2D eigenvalue weighted by Crippen LogP contribution is -2.07. The van der Waals surface area contributed by atoms with E-state index in [9.17, 15) is 4.79 Å². The first kappa shape index (κ1) is 18.8. The average Bonchev–Trinajstić information content (AvgIpc) is 3.21. The van der Waals surface area contributed by atoms with E-state index in [1.807, 2.05) is 30.3 Å². The van der Waals surface area contributed by atoms with Crippen molar-refractivity contribution in [2.45, 2.75) is 6.61 Å². The second-order valence-electron chi connectivity index (χ2n) is 6.20. The van der Waals surface area contributed by atoms with Gasteiger partial charge in [-0.15, -0.1) is 0 Å². The van der Waals surface area contributed by atoms with Crippen molar-refractivity contribution in [1.29, 1.82) is 0 Å².